The first kappa shape index (κ1) is 11.2. The lowest BCUT2D eigenvalue weighted by Crippen LogP contribution is -2.42. The second kappa shape index (κ2) is 5.19. The third-order valence-corrected chi connectivity index (χ3v) is 2.80. The van der Waals surface area contributed by atoms with Crippen LogP contribution in [-0.2, 0) is 6.54 Å². The van der Waals surface area contributed by atoms with Gasteiger partial charge in [0.15, 0.2) is 0 Å². The van der Waals surface area contributed by atoms with Crippen LogP contribution in [0.1, 0.15) is 5.89 Å². The zero-order valence-electron chi connectivity index (χ0n) is 9.91. The molecule has 0 bridgehead atoms. The van der Waals surface area contributed by atoms with Crippen molar-refractivity contribution in [1.82, 2.24) is 30.3 Å². The normalized spacial score (nSPS) is 16.9. The van der Waals surface area contributed by atoms with Crippen LogP contribution in [0.5, 0.6) is 0 Å². The predicted molar refractivity (Wildman–Crippen MR) is 63.5 cm³/mol. The number of aromatic nitrogens is 4. The van der Waals surface area contributed by atoms with Crippen molar-refractivity contribution in [3.8, 4) is 11.6 Å². The molecule has 94 valence electrons. The Morgan fingerprint density at radius 3 is 2.72 bits per heavy atom. The van der Waals surface area contributed by atoms with Gasteiger partial charge in [-0.15, -0.1) is 0 Å². The summed E-state index contributed by atoms with van der Waals surface area (Å²) >= 11 is 0. The third kappa shape index (κ3) is 2.52. The van der Waals surface area contributed by atoms with Gasteiger partial charge in [0.25, 0.3) is 0 Å². The summed E-state index contributed by atoms with van der Waals surface area (Å²) in [6.45, 7) is 4.69. The number of nitrogens with zero attached hydrogens (tertiary/aromatic N) is 5. The van der Waals surface area contributed by atoms with E-state index < -0.39 is 0 Å². The minimum absolute atomic E-state index is 0.445. The Kier molecular flexibility index (Phi) is 3.24. The first-order valence-corrected chi connectivity index (χ1v) is 5.95. The van der Waals surface area contributed by atoms with Gasteiger partial charge in [0.05, 0.1) is 6.54 Å². The molecule has 7 nitrogen and oxygen atoms in total. The van der Waals surface area contributed by atoms with Crippen LogP contribution in [0.15, 0.2) is 23.0 Å². The smallest absolute Gasteiger partial charge is 0.241 e. The van der Waals surface area contributed by atoms with E-state index in [-0.39, 0.29) is 0 Å². The maximum Gasteiger partial charge on any atom is 0.241 e. The topological polar surface area (TPSA) is 80.0 Å². The fraction of sp³-hybridized carbons (Fsp3) is 0.455. The largest absolute Gasteiger partial charge is 0.337 e. The van der Waals surface area contributed by atoms with Crippen molar-refractivity contribution >= 4 is 0 Å². The molecule has 1 aliphatic rings. The Morgan fingerprint density at radius 1 is 1.17 bits per heavy atom. The highest BCUT2D eigenvalue weighted by molar-refractivity contribution is 5.40. The standard InChI is InChI=1S/C11H14N6O/c1-2-13-10(14-3-1)11-15-9(18-16-11)8-17-6-4-12-5-7-17/h1-3,12H,4-8H2. The van der Waals surface area contributed by atoms with E-state index in [1.165, 1.54) is 0 Å². The van der Waals surface area contributed by atoms with Gasteiger partial charge in [0.2, 0.25) is 17.5 Å². The Hall–Kier alpha value is -1.86. The molecule has 1 N–H and O–H groups in total. The molecule has 1 aliphatic heterocycles. The Morgan fingerprint density at radius 2 is 1.94 bits per heavy atom. The Labute approximate surface area is 104 Å². The summed E-state index contributed by atoms with van der Waals surface area (Å²) in [5, 5.41) is 7.20. The summed E-state index contributed by atoms with van der Waals surface area (Å²) in [6, 6.07) is 1.76. The fourth-order valence-corrected chi connectivity index (χ4v) is 1.89. The van der Waals surface area contributed by atoms with Gasteiger partial charge in [0, 0.05) is 38.6 Å². The highest BCUT2D eigenvalue weighted by Gasteiger charge is 2.15. The van der Waals surface area contributed by atoms with Crippen LogP contribution < -0.4 is 5.32 Å². The zero-order chi connectivity index (χ0) is 12.2. The summed E-state index contributed by atoms with van der Waals surface area (Å²) < 4.78 is 5.22. The van der Waals surface area contributed by atoms with Crippen LogP contribution in [-0.4, -0.2) is 51.2 Å². The quantitative estimate of drug-likeness (QED) is 0.812. The molecule has 7 heteroatoms. The first-order chi connectivity index (χ1) is 8.92. The van der Waals surface area contributed by atoms with Gasteiger partial charge >= 0.3 is 0 Å². The van der Waals surface area contributed by atoms with Crippen LogP contribution in [0.25, 0.3) is 11.6 Å². The molecule has 0 saturated carbocycles. The average Bonchev–Trinajstić information content (AvgIpc) is 2.89. The van der Waals surface area contributed by atoms with Crippen molar-refractivity contribution in [2.75, 3.05) is 26.2 Å². The Balaban J connectivity index is 1.69. The number of rotatable bonds is 3. The predicted octanol–water partition coefficient (Wildman–Crippen LogP) is -0.0682. The van der Waals surface area contributed by atoms with Crippen LogP contribution >= 0.6 is 0 Å². The van der Waals surface area contributed by atoms with Crippen LogP contribution in [0.3, 0.4) is 0 Å². The summed E-state index contributed by atoms with van der Waals surface area (Å²) in [4.78, 5) is 14.8. The molecule has 1 saturated heterocycles. The third-order valence-electron chi connectivity index (χ3n) is 2.80. The molecule has 0 unspecified atom stereocenters. The molecule has 0 atom stereocenters. The van der Waals surface area contributed by atoms with Gasteiger partial charge in [0.1, 0.15) is 0 Å². The summed E-state index contributed by atoms with van der Waals surface area (Å²) in [7, 11) is 0. The van der Waals surface area contributed by atoms with E-state index in [1.807, 2.05) is 0 Å². The lowest BCUT2D eigenvalue weighted by molar-refractivity contribution is 0.203. The molecule has 0 radical (unpaired) electrons. The lowest BCUT2D eigenvalue weighted by Gasteiger charge is -2.25. The molecule has 2 aromatic heterocycles. The molecule has 0 aromatic carbocycles. The SMILES string of the molecule is c1cnc(-c2noc(CN3CCNCC3)n2)nc1. The molecule has 0 spiro atoms. The van der Waals surface area contributed by atoms with Gasteiger partial charge in [-0.05, 0) is 6.07 Å². The van der Waals surface area contributed by atoms with Crippen molar-refractivity contribution in [3.63, 3.8) is 0 Å². The van der Waals surface area contributed by atoms with Crippen LogP contribution in [0, 0.1) is 0 Å². The van der Waals surface area contributed by atoms with E-state index >= 15 is 0 Å². The first-order valence-electron chi connectivity index (χ1n) is 5.95. The van der Waals surface area contributed by atoms with E-state index in [2.05, 4.69) is 30.3 Å². The number of hydrogen-bond acceptors (Lipinski definition) is 7. The van der Waals surface area contributed by atoms with Gasteiger partial charge < -0.3 is 9.84 Å². The van der Waals surface area contributed by atoms with Crippen molar-refractivity contribution in [1.29, 1.82) is 0 Å². The van der Waals surface area contributed by atoms with E-state index in [9.17, 15) is 0 Å². The summed E-state index contributed by atoms with van der Waals surface area (Å²) in [5.41, 5.74) is 0. The molecule has 1 fully saturated rings. The van der Waals surface area contributed by atoms with Gasteiger partial charge in [-0.2, -0.15) is 4.98 Å². The van der Waals surface area contributed by atoms with Crippen molar-refractivity contribution < 1.29 is 4.52 Å². The number of piperazine rings is 1. The highest BCUT2D eigenvalue weighted by atomic mass is 16.5. The lowest BCUT2D eigenvalue weighted by atomic mass is 10.3. The molecule has 2 aromatic rings. The van der Waals surface area contributed by atoms with Crippen LogP contribution in [0.2, 0.25) is 0 Å². The molecule has 18 heavy (non-hydrogen) atoms. The van der Waals surface area contributed by atoms with E-state index in [0.29, 0.717) is 24.1 Å². The summed E-state index contributed by atoms with van der Waals surface area (Å²) in [6.07, 6.45) is 3.32. The van der Waals surface area contributed by atoms with Crippen molar-refractivity contribution in [2.24, 2.45) is 0 Å². The van der Waals surface area contributed by atoms with E-state index in [4.69, 9.17) is 4.52 Å². The maximum atomic E-state index is 5.22. The zero-order valence-corrected chi connectivity index (χ0v) is 9.91. The van der Waals surface area contributed by atoms with Crippen molar-refractivity contribution in [2.45, 2.75) is 6.54 Å². The molecular weight excluding hydrogens is 232 g/mol. The monoisotopic (exact) mass is 246 g/mol. The highest BCUT2D eigenvalue weighted by Crippen LogP contribution is 2.10. The van der Waals surface area contributed by atoms with Gasteiger partial charge in [-0.25, -0.2) is 9.97 Å². The van der Waals surface area contributed by atoms with Gasteiger partial charge in [-0.1, -0.05) is 5.16 Å². The van der Waals surface area contributed by atoms with Gasteiger partial charge in [-0.3, -0.25) is 4.90 Å². The number of hydrogen-bond donors (Lipinski definition) is 1. The second-order valence-electron chi connectivity index (χ2n) is 4.11. The molecule has 0 amide bonds. The molecular formula is C11H14N6O. The second-order valence-corrected chi connectivity index (χ2v) is 4.11. The Bertz CT molecular complexity index is 493. The van der Waals surface area contributed by atoms with E-state index in [1.54, 1.807) is 18.5 Å². The van der Waals surface area contributed by atoms with Crippen LogP contribution in [0.4, 0.5) is 0 Å². The minimum atomic E-state index is 0.445. The molecule has 3 rings (SSSR count). The summed E-state index contributed by atoms with van der Waals surface area (Å²) in [5.74, 6) is 1.55. The molecule has 3 heterocycles. The van der Waals surface area contributed by atoms with E-state index in [0.717, 1.165) is 26.2 Å². The fourth-order valence-electron chi connectivity index (χ4n) is 1.89. The minimum Gasteiger partial charge on any atom is -0.337 e. The number of nitrogens with one attached hydrogen (secondary N) is 1. The maximum absolute atomic E-state index is 5.22. The molecule has 0 aliphatic carbocycles. The van der Waals surface area contributed by atoms with Crippen molar-refractivity contribution in [3.05, 3.63) is 24.4 Å². The average molecular weight is 246 g/mol.